The topological polar surface area (TPSA) is 57.6 Å². The predicted octanol–water partition coefficient (Wildman–Crippen LogP) is 5.31. The van der Waals surface area contributed by atoms with Gasteiger partial charge in [0.1, 0.15) is 36.3 Å². The summed E-state index contributed by atoms with van der Waals surface area (Å²) < 4.78 is 17.2. The molecule has 3 rings (SSSR count). The van der Waals surface area contributed by atoms with E-state index in [2.05, 4.69) is 11.9 Å². The number of hydrogen-bond acceptors (Lipinski definition) is 5. The highest BCUT2D eigenvalue weighted by Crippen LogP contribution is 2.24. The monoisotopic (exact) mass is 393 g/mol. The van der Waals surface area contributed by atoms with Gasteiger partial charge in [0.2, 0.25) is 0 Å². The quantitative estimate of drug-likeness (QED) is 0.437. The van der Waals surface area contributed by atoms with Gasteiger partial charge in [0, 0.05) is 18.5 Å². The summed E-state index contributed by atoms with van der Waals surface area (Å²) in [7, 11) is 0. The molecular formula is C24H27NO4. The van der Waals surface area contributed by atoms with Crippen LogP contribution in [0.25, 0.3) is 10.9 Å². The fraction of sp³-hybridized carbons (Fsp3) is 0.333. The summed E-state index contributed by atoms with van der Waals surface area (Å²) in [6.45, 7) is 4.30. The van der Waals surface area contributed by atoms with Crippen molar-refractivity contribution < 1.29 is 19.0 Å². The zero-order chi connectivity index (χ0) is 20.5. The minimum Gasteiger partial charge on any atom is -0.490 e. The molecule has 0 bridgehead atoms. The second-order valence-electron chi connectivity index (χ2n) is 6.95. The highest BCUT2D eigenvalue weighted by atomic mass is 16.6. The van der Waals surface area contributed by atoms with Gasteiger partial charge in [-0.2, -0.15) is 0 Å². The third kappa shape index (κ3) is 6.21. The molecule has 1 aromatic heterocycles. The number of hydrogen-bond donors (Lipinski definition) is 0. The molecule has 5 heteroatoms. The van der Waals surface area contributed by atoms with Gasteiger partial charge in [0.25, 0.3) is 0 Å². The van der Waals surface area contributed by atoms with E-state index in [9.17, 15) is 4.79 Å². The molecule has 0 fully saturated rings. The minimum absolute atomic E-state index is 0.228. The maximum atomic E-state index is 11.3. The fourth-order valence-corrected chi connectivity index (χ4v) is 3.11. The number of benzene rings is 2. The van der Waals surface area contributed by atoms with Gasteiger partial charge in [-0.25, -0.2) is 0 Å². The van der Waals surface area contributed by atoms with Crippen molar-refractivity contribution in [1.82, 2.24) is 4.98 Å². The molecule has 0 aliphatic rings. The van der Waals surface area contributed by atoms with Crippen molar-refractivity contribution in [2.45, 2.75) is 45.8 Å². The van der Waals surface area contributed by atoms with Crippen molar-refractivity contribution in [2.24, 2.45) is 0 Å². The number of pyridine rings is 1. The lowest BCUT2D eigenvalue weighted by atomic mass is 10.1. The van der Waals surface area contributed by atoms with E-state index in [-0.39, 0.29) is 12.1 Å². The van der Waals surface area contributed by atoms with E-state index in [0.717, 1.165) is 47.2 Å². The molecule has 0 amide bonds. The summed E-state index contributed by atoms with van der Waals surface area (Å²) in [5.41, 5.74) is 1.84. The van der Waals surface area contributed by atoms with Crippen LogP contribution in [0.1, 0.15) is 38.7 Å². The third-order valence-corrected chi connectivity index (χ3v) is 4.54. The van der Waals surface area contributed by atoms with Crippen LogP contribution in [0.15, 0.2) is 60.8 Å². The first kappa shape index (κ1) is 20.6. The lowest BCUT2D eigenvalue weighted by Crippen LogP contribution is -2.24. The Hall–Kier alpha value is -3.08. The number of carbonyl (C=O) groups is 1. The summed E-state index contributed by atoms with van der Waals surface area (Å²) in [5.74, 6) is 1.21. The average Bonchev–Trinajstić information content (AvgIpc) is 2.74. The van der Waals surface area contributed by atoms with E-state index in [1.165, 1.54) is 6.92 Å². The van der Waals surface area contributed by atoms with Gasteiger partial charge in [-0.1, -0.05) is 43.7 Å². The van der Waals surface area contributed by atoms with E-state index in [1.54, 1.807) is 6.20 Å². The van der Waals surface area contributed by atoms with Gasteiger partial charge in [0.05, 0.1) is 0 Å². The van der Waals surface area contributed by atoms with Crippen LogP contribution in [0.3, 0.4) is 0 Å². The van der Waals surface area contributed by atoms with Gasteiger partial charge in [-0.15, -0.1) is 0 Å². The fourth-order valence-electron chi connectivity index (χ4n) is 3.11. The van der Waals surface area contributed by atoms with Crippen LogP contribution >= 0.6 is 0 Å². The number of ether oxygens (including phenoxy) is 3. The number of rotatable bonds is 10. The summed E-state index contributed by atoms with van der Waals surface area (Å²) in [5, 5.41) is 1.05. The Bertz CT molecular complexity index is 936. The van der Waals surface area contributed by atoms with Gasteiger partial charge in [0.15, 0.2) is 0 Å². The van der Waals surface area contributed by atoms with E-state index < -0.39 is 0 Å². The number of nitrogens with zero attached hydrogens (tertiary/aromatic N) is 1. The zero-order valence-electron chi connectivity index (χ0n) is 17.0. The van der Waals surface area contributed by atoms with Crippen molar-refractivity contribution in [3.63, 3.8) is 0 Å². The Kier molecular flexibility index (Phi) is 7.45. The van der Waals surface area contributed by atoms with E-state index in [0.29, 0.717) is 13.2 Å². The van der Waals surface area contributed by atoms with Crippen LogP contribution in [0.2, 0.25) is 0 Å². The maximum Gasteiger partial charge on any atom is 0.303 e. The second kappa shape index (κ2) is 10.5. The van der Waals surface area contributed by atoms with Crippen LogP contribution in [-0.4, -0.2) is 23.7 Å². The molecule has 3 aromatic rings. The van der Waals surface area contributed by atoms with Crippen molar-refractivity contribution in [1.29, 1.82) is 0 Å². The van der Waals surface area contributed by atoms with E-state index in [4.69, 9.17) is 14.2 Å². The van der Waals surface area contributed by atoms with Crippen molar-refractivity contribution in [2.75, 3.05) is 6.61 Å². The summed E-state index contributed by atoms with van der Waals surface area (Å²) in [6.07, 6.45) is 4.38. The number of aromatic nitrogens is 1. The SMILES string of the molecule is CCCCC(COc1cccc(COc2cccc3cccnc23)c1)OC(C)=O. The molecule has 0 radical (unpaired) electrons. The number of fused-ring (bicyclic) bond motifs is 1. The van der Waals surface area contributed by atoms with Crippen LogP contribution in [-0.2, 0) is 16.1 Å². The van der Waals surface area contributed by atoms with Crippen LogP contribution in [0.4, 0.5) is 0 Å². The molecule has 5 nitrogen and oxygen atoms in total. The number of unbranched alkanes of at least 4 members (excludes halogenated alkanes) is 1. The normalized spacial score (nSPS) is 11.8. The first-order valence-electron chi connectivity index (χ1n) is 10.0. The van der Waals surface area contributed by atoms with Crippen LogP contribution in [0.5, 0.6) is 11.5 Å². The van der Waals surface area contributed by atoms with E-state index in [1.807, 2.05) is 54.6 Å². The molecular weight excluding hydrogens is 366 g/mol. The van der Waals surface area contributed by atoms with Crippen LogP contribution < -0.4 is 9.47 Å². The summed E-state index contributed by atoms with van der Waals surface area (Å²) in [4.78, 5) is 15.7. The van der Waals surface area contributed by atoms with Gasteiger partial charge in [-0.05, 0) is 42.7 Å². The Labute approximate surface area is 171 Å². The molecule has 1 atom stereocenters. The standard InChI is InChI=1S/C24H27NO4/c1-3-4-11-22(29-18(2)26)17-27-21-12-5-8-19(15-21)16-28-23-13-6-9-20-10-7-14-25-24(20)23/h5-10,12-15,22H,3-4,11,16-17H2,1-2H3. The van der Waals surface area contributed by atoms with Gasteiger partial charge in [-0.3, -0.25) is 9.78 Å². The van der Waals surface area contributed by atoms with Gasteiger partial charge >= 0.3 is 5.97 Å². The maximum absolute atomic E-state index is 11.3. The highest BCUT2D eigenvalue weighted by molar-refractivity contribution is 5.84. The third-order valence-electron chi connectivity index (χ3n) is 4.54. The molecule has 0 spiro atoms. The molecule has 0 N–H and O–H groups in total. The largest absolute Gasteiger partial charge is 0.490 e. The average molecular weight is 393 g/mol. The second-order valence-corrected chi connectivity index (χ2v) is 6.95. The molecule has 0 aliphatic carbocycles. The molecule has 1 unspecified atom stereocenters. The molecule has 29 heavy (non-hydrogen) atoms. The molecule has 0 aliphatic heterocycles. The lowest BCUT2D eigenvalue weighted by molar-refractivity contribution is -0.148. The Morgan fingerprint density at radius 2 is 1.90 bits per heavy atom. The number of para-hydroxylation sites is 1. The first-order valence-corrected chi connectivity index (χ1v) is 10.0. The highest BCUT2D eigenvalue weighted by Gasteiger charge is 2.13. The first-order chi connectivity index (χ1) is 14.2. The molecule has 0 saturated heterocycles. The predicted molar refractivity (Wildman–Crippen MR) is 113 cm³/mol. The molecule has 1 heterocycles. The Morgan fingerprint density at radius 3 is 2.72 bits per heavy atom. The summed E-state index contributed by atoms with van der Waals surface area (Å²) >= 11 is 0. The Balaban J connectivity index is 1.61. The lowest BCUT2D eigenvalue weighted by Gasteiger charge is -2.18. The number of carbonyl (C=O) groups excluding carboxylic acids is 1. The van der Waals surface area contributed by atoms with Gasteiger partial charge < -0.3 is 14.2 Å². The molecule has 152 valence electrons. The molecule has 0 saturated carbocycles. The zero-order valence-corrected chi connectivity index (χ0v) is 17.0. The Morgan fingerprint density at radius 1 is 1.07 bits per heavy atom. The smallest absolute Gasteiger partial charge is 0.303 e. The van der Waals surface area contributed by atoms with E-state index >= 15 is 0 Å². The minimum atomic E-state index is -0.277. The number of esters is 1. The van der Waals surface area contributed by atoms with Crippen molar-refractivity contribution in [3.8, 4) is 11.5 Å². The van der Waals surface area contributed by atoms with Crippen LogP contribution in [0, 0.1) is 0 Å². The summed E-state index contributed by atoms with van der Waals surface area (Å²) in [6, 6.07) is 17.6. The molecule has 2 aromatic carbocycles. The van der Waals surface area contributed by atoms with Crippen molar-refractivity contribution in [3.05, 3.63) is 66.4 Å². The van der Waals surface area contributed by atoms with Crippen molar-refractivity contribution >= 4 is 16.9 Å².